The van der Waals surface area contributed by atoms with E-state index in [1.807, 2.05) is 24.3 Å². The van der Waals surface area contributed by atoms with E-state index in [1.165, 1.54) is 4.57 Å². The third kappa shape index (κ3) is 4.87. The van der Waals surface area contributed by atoms with Crippen LogP contribution < -0.4 is 24.7 Å². The zero-order valence-electron chi connectivity index (χ0n) is 19.8. The van der Waals surface area contributed by atoms with Crippen molar-refractivity contribution in [2.75, 3.05) is 43.1 Å². The third-order valence-electron chi connectivity index (χ3n) is 6.60. The fraction of sp³-hybridized carbons (Fsp3) is 0.360. The predicted octanol–water partition coefficient (Wildman–Crippen LogP) is 4.53. The number of aromatic carboxylic acids is 1. The number of nitrogens with zero attached hydrogens (tertiary/aromatic N) is 3. The van der Waals surface area contributed by atoms with E-state index < -0.39 is 35.1 Å². The molecule has 0 atom stereocenters. The number of pyridine rings is 1. The number of alkyl halides is 2. The average Bonchev–Trinajstić information content (AvgIpc) is 3.70. The molecule has 0 amide bonds. The molecule has 37 heavy (non-hydrogen) atoms. The van der Waals surface area contributed by atoms with Gasteiger partial charge in [0.15, 0.2) is 11.6 Å². The summed E-state index contributed by atoms with van der Waals surface area (Å²) in [5.74, 6) is -2.16. The van der Waals surface area contributed by atoms with Crippen LogP contribution in [0.5, 0.6) is 11.5 Å². The Balaban J connectivity index is 0.00000320. The normalized spacial score (nSPS) is 15.6. The van der Waals surface area contributed by atoms with E-state index in [0.717, 1.165) is 18.0 Å². The van der Waals surface area contributed by atoms with Crippen LogP contribution >= 0.6 is 12.4 Å². The first kappa shape index (κ1) is 26.5. The molecule has 0 spiro atoms. The second-order valence-corrected chi connectivity index (χ2v) is 8.77. The van der Waals surface area contributed by atoms with Gasteiger partial charge in [0.25, 0.3) is 0 Å². The molecular formula is C25H25ClF3N3O5. The second kappa shape index (κ2) is 10.4. The maximum absolute atomic E-state index is 15.5. The van der Waals surface area contributed by atoms with Gasteiger partial charge in [-0.15, -0.1) is 12.4 Å². The summed E-state index contributed by atoms with van der Waals surface area (Å²) >= 11 is 0. The Bertz CT molecular complexity index is 1390. The first-order valence-electron chi connectivity index (χ1n) is 11.5. The first-order valence-corrected chi connectivity index (χ1v) is 11.5. The molecule has 1 N–H and O–H groups in total. The molecule has 198 valence electrons. The van der Waals surface area contributed by atoms with Crippen molar-refractivity contribution in [2.24, 2.45) is 0 Å². The van der Waals surface area contributed by atoms with E-state index in [-0.39, 0.29) is 35.0 Å². The molecular weight excluding hydrogens is 515 g/mol. The summed E-state index contributed by atoms with van der Waals surface area (Å²) in [4.78, 5) is 28.2. The lowest BCUT2D eigenvalue weighted by molar-refractivity contribution is -0.0488. The number of rotatable bonds is 7. The minimum Gasteiger partial charge on any atom is -0.495 e. The highest BCUT2D eigenvalue weighted by molar-refractivity contribution is 5.97. The smallest absolute Gasteiger partial charge is 0.387 e. The van der Waals surface area contributed by atoms with E-state index in [0.29, 0.717) is 44.8 Å². The molecule has 1 saturated carbocycles. The van der Waals surface area contributed by atoms with E-state index in [1.54, 1.807) is 12.0 Å². The molecule has 0 bridgehead atoms. The molecule has 1 saturated heterocycles. The van der Waals surface area contributed by atoms with Gasteiger partial charge in [-0.05, 0) is 31.0 Å². The molecule has 1 aromatic heterocycles. The molecule has 8 nitrogen and oxygen atoms in total. The SMILES string of the molecule is COc1ccccc1N1CCN(c2c(F)cc3c(=O)c(C(=O)O)cn(C4CC4)c3c2OC(F)F)CC1.Cl. The molecule has 0 unspecified atom stereocenters. The molecule has 3 aromatic rings. The average molecular weight is 540 g/mol. The first-order chi connectivity index (χ1) is 17.3. The van der Waals surface area contributed by atoms with Crippen LogP contribution in [-0.4, -0.2) is 55.5 Å². The molecule has 2 aliphatic rings. The lowest BCUT2D eigenvalue weighted by Gasteiger charge is -2.38. The lowest BCUT2D eigenvalue weighted by Crippen LogP contribution is -2.47. The van der Waals surface area contributed by atoms with Gasteiger partial charge in [-0.25, -0.2) is 9.18 Å². The molecule has 1 aliphatic heterocycles. The standard InChI is InChI=1S/C25H24F3N3O5.ClH/c1-35-19-5-3-2-4-18(19)29-8-10-30(11-9-29)21-17(26)12-15-20(23(21)36-25(27)28)31(14-6-7-14)13-16(22(15)32)24(33)34;/h2-5,12-14,25H,6-11H2,1H3,(H,33,34);1H. The lowest BCUT2D eigenvalue weighted by atomic mass is 10.1. The maximum Gasteiger partial charge on any atom is 0.387 e. The van der Waals surface area contributed by atoms with Crippen LogP contribution in [0.15, 0.2) is 41.3 Å². The zero-order valence-corrected chi connectivity index (χ0v) is 20.6. The number of piperazine rings is 1. The number of aromatic nitrogens is 1. The monoisotopic (exact) mass is 539 g/mol. The van der Waals surface area contributed by atoms with Crippen molar-refractivity contribution in [3.8, 4) is 11.5 Å². The summed E-state index contributed by atoms with van der Waals surface area (Å²) in [6.45, 7) is -1.77. The number of para-hydroxylation sites is 2. The van der Waals surface area contributed by atoms with Gasteiger partial charge in [-0.3, -0.25) is 4.79 Å². The number of anilines is 2. The second-order valence-electron chi connectivity index (χ2n) is 8.77. The summed E-state index contributed by atoms with van der Waals surface area (Å²) < 4.78 is 54.4. The van der Waals surface area contributed by atoms with Gasteiger partial charge in [-0.1, -0.05) is 12.1 Å². The van der Waals surface area contributed by atoms with Gasteiger partial charge in [-0.2, -0.15) is 8.78 Å². The van der Waals surface area contributed by atoms with Crippen molar-refractivity contribution in [2.45, 2.75) is 25.5 Å². The summed E-state index contributed by atoms with van der Waals surface area (Å²) in [6.07, 6.45) is 2.50. The highest BCUT2D eigenvalue weighted by Gasteiger charge is 2.33. The van der Waals surface area contributed by atoms with Crippen LogP contribution in [0.4, 0.5) is 24.5 Å². The molecule has 12 heteroatoms. The number of carbonyl (C=O) groups is 1. The number of hydrogen-bond acceptors (Lipinski definition) is 6. The minimum absolute atomic E-state index is 0. The van der Waals surface area contributed by atoms with Gasteiger partial charge < -0.3 is 28.9 Å². The number of methoxy groups -OCH3 is 1. The van der Waals surface area contributed by atoms with Crippen LogP contribution in [0.25, 0.3) is 10.9 Å². The Hall–Kier alpha value is -3.60. The number of carboxylic acids is 1. The van der Waals surface area contributed by atoms with Gasteiger partial charge >= 0.3 is 12.6 Å². The van der Waals surface area contributed by atoms with E-state index in [9.17, 15) is 23.5 Å². The van der Waals surface area contributed by atoms with Crippen molar-refractivity contribution in [1.29, 1.82) is 0 Å². The van der Waals surface area contributed by atoms with Crippen LogP contribution in [0.2, 0.25) is 0 Å². The molecule has 2 heterocycles. The topological polar surface area (TPSA) is 84.2 Å². The number of ether oxygens (including phenoxy) is 2. The highest BCUT2D eigenvalue weighted by Crippen LogP contribution is 2.44. The van der Waals surface area contributed by atoms with Crippen LogP contribution in [0, 0.1) is 5.82 Å². The maximum atomic E-state index is 15.5. The predicted molar refractivity (Wildman–Crippen MR) is 135 cm³/mol. The van der Waals surface area contributed by atoms with Gasteiger partial charge in [0.2, 0.25) is 5.43 Å². The van der Waals surface area contributed by atoms with Gasteiger partial charge in [0.05, 0.1) is 23.7 Å². The highest BCUT2D eigenvalue weighted by atomic mass is 35.5. The van der Waals surface area contributed by atoms with Gasteiger partial charge in [0, 0.05) is 38.4 Å². The number of fused-ring (bicyclic) bond motifs is 1. The van der Waals surface area contributed by atoms with Crippen molar-refractivity contribution in [1.82, 2.24) is 4.57 Å². The number of hydrogen-bond donors (Lipinski definition) is 1. The number of carboxylic acid groups (broad SMARTS) is 1. The third-order valence-corrected chi connectivity index (χ3v) is 6.60. The van der Waals surface area contributed by atoms with Crippen LogP contribution in [-0.2, 0) is 0 Å². The molecule has 1 aliphatic carbocycles. The Morgan fingerprint density at radius 3 is 2.35 bits per heavy atom. The van der Waals surface area contributed by atoms with E-state index in [4.69, 9.17) is 9.47 Å². The largest absolute Gasteiger partial charge is 0.495 e. The van der Waals surface area contributed by atoms with Crippen molar-refractivity contribution >= 4 is 40.7 Å². The molecule has 2 fully saturated rings. The number of halogens is 4. The van der Waals surface area contributed by atoms with Crippen molar-refractivity contribution < 1.29 is 32.5 Å². The minimum atomic E-state index is -3.27. The Kier molecular flexibility index (Phi) is 7.44. The quantitative estimate of drug-likeness (QED) is 0.472. The molecule has 0 radical (unpaired) electrons. The summed E-state index contributed by atoms with van der Waals surface area (Å²) in [5, 5.41) is 9.17. The molecule has 5 rings (SSSR count). The Morgan fingerprint density at radius 1 is 1.11 bits per heavy atom. The Morgan fingerprint density at radius 2 is 1.76 bits per heavy atom. The van der Waals surface area contributed by atoms with Crippen LogP contribution in [0.3, 0.4) is 0 Å². The van der Waals surface area contributed by atoms with Gasteiger partial charge in [0.1, 0.15) is 17.0 Å². The van der Waals surface area contributed by atoms with E-state index >= 15 is 4.39 Å². The number of benzene rings is 2. The summed E-state index contributed by atoms with van der Waals surface area (Å²) in [7, 11) is 1.57. The fourth-order valence-corrected chi connectivity index (χ4v) is 4.79. The van der Waals surface area contributed by atoms with Crippen LogP contribution in [0.1, 0.15) is 29.2 Å². The molecule has 2 aromatic carbocycles. The van der Waals surface area contributed by atoms with E-state index in [2.05, 4.69) is 4.90 Å². The summed E-state index contributed by atoms with van der Waals surface area (Å²) in [5.41, 5.74) is -0.808. The van der Waals surface area contributed by atoms with Crippen molar-refractivity contribution in [3.63, 3.8) is 0 Å². The Labute approximate surface area is 216 Å². The zero-order chi connectivity index (χ0) is 25.6. The summed E-state index contributed by atoms with van der Waals surface area (Å²) in [6, 6.07) is 8.22. The van der Waals surface area contributed by atoms with Crippen molar-refractivity contribution in [3.05, 3.63) is 58.1 Å². The fourth-order valence-electron chi connectivity index (χ4n) is 4.79.